The van der Waals surface area contributed by atoms with Gasteiger partial charge in [0.15, 0.2) is 5.41 Å². The van der Waals surface area contributed by atoms with E-state index in [1.54, 1.807) is 65.8 Å². The summed E-state index contributed by atoms with van der Waals surface area (Å²) < 4.78 is 37.1. The van der Waals surface area contributed by atoms with Gasteiger partial charge in [-0.25, -0.2) is 9.59 Å². The summed E-state index contributed by atoms with van der Waals surface area (Å²) in [6.45, 7) is 57.2. The largest absolute Gasteiger partial charge is 0.514 e. The molecule has 0 N–H and O–H groups in total. The summed E-state index contributed by atoms with van der Waals surface area (Å²) in [6.07, 6.45) is -0.293. The zero-order valence-electron chi connectivity index (χ0n) is 55.3. The third kappa shape index (κ3) is 19.2. The first-order chi connectivity index (χ1) is 36.2. The van der Waals surface area contributed by atoms with Crippen molar-refractivity contribution in [2.75, 3.05) is 0 Å². The average Bonchev–Trinajstić information content (AvgIpc) is 3.22. The van der Waals surface area contributed by atoms with Gasteiger partial charge in [0.2, 0.25) is 0 Å². The van der Waals surface area contributed by atoms with Crippen molar-refractivity contribution in [1.29, 1.82) is 0 Å². The van der Waals surface area contributed by atoms with E-state index < -0.39 is 62.5 Å². The lowest BCUT2D eigenvalue weighted by Gasteiger charge is -2.35. The lowest BCUT2D eigenvalue weighted by molar-refractivity contribution is -0.161. The predicted molar refractivity (Wildman–Crippen MR) is 330 cm³/mol. The van der Waals surface area contributed by atoms with Crippen LogP contribution in [0.4, 0.5) is 9.59 Å². The van der Waals surface area contributed by atoms with Gasteiger partial charge in [0, 0.05) is 22.3 Å². The molecule has 0 radical (unpaired) electrons. The van der Waals surface area contributed by atoms with E-state index in [0.29, 0.717) is 44.9 Å². The first-order valence-electron chi connectivity index (χ1n) is 29.0. The standard InChI is InChI=1S/C71H104O10/c1-61(2,3)43-69(25,26)47-29-33-49(34-30-47)76-57(72)71(58(73)77-50-35-31-48(32-36-50)70(27,28)44-62(4,5)6,41-45-37-51(63(7,8)9)55(52(38-45)64(10,11)12)78-59(74)80-67(19,20)21)42-46-39-53(65(13,14)15)56(54(40-46)66(16,17)18)79-60(75)81-68(22,23)24/h29-40H,41-44H2,1-28H3. The number of hydrogen-bond acceptors (Lipinski definition) is 10. The Morgan fingerprint density at radius 1 is 0.346 bits per heavy atom. The van der Waals surface area contributed by atoms with E-state index >= 15 is 9.59 Å². The van der Waals surface area contributed by atoms with Crippen LogP contribution >= 0.6 is 0 Å². The molecule has 0 fully saturated rings. The molecule has 0 aliphatic rings. The maximum atomic E-state index is 16.2. The third-order valence-corrected chi connectivity index (χ3v) is 14.1. The van der Waals surface area contributed by atoms with E-state index in [0.717, 1.165) is 24.0 Å². The maximum Gasteiger partial charge on any atom is 0.514 e. The van der Waals surface area contributed by atoms with Gasteiger partial charge in [-0.2, -0.15) is 0 Å². The lowest BCUT2D eigenvalue weighted by Crippen LogP contribution is -2.48. The van der Waals surface area contributed by atoms with Crippen LogP contribution < -0.4 is 18.9 Å². The predicted octanol–water partition coefficient (Wildman–Crippen LogP) is 18.9. The van der Waals surface area contributed by atoms with Gasteiger partial charge in [-0.1, -0.05) is 201 Å². The number of ether oxygens (including phenoxy) is 6. The molecule has 0 aliphatic heterocycles. The Hall–Kier alpha value is -5.64. The van der Waals surface area contributed by atoms with Crippen LogP contribution in [0.1, 0.15) is 251 Å². The molecule has 0 aromatic heterocycles. The van der Waals surface area contributed by atoms with E-state index in [1.807, 2.05) is 132 Å². The van der Waals surface area contributed by atoms with Crippen molar-refractivity contribution in [3.8, 4) is 23.0 Å². The van der Waals surface area contributed by atoms with Crippen molar-refractivity contribution in [2.45, 2.75) is 263 Å². The Morgan fingerprint density at radius 2 is 0.593 bits per heavy atom. The van der Waals surface area contributed by atoms with Crippen LogP contribution in [0.15, 0.2) is 72.8 Å². The minimum absolute atomic E-state index is 0.0527. The molecule has 0 saturated heterocycles. The van der Waals surface area contributed by atoms with E-state index in [-0.39, 0.29) is 46.0 Å². The minimum atomic E-state index is -2.11. The summed E-state index contributed by atoms with van der Waals surface area (Å²) in [7, 11) is 0. The number of esters is 2. The number of benzene rings is 4. The fourth-order valence-corrected chi connectivity index (χ4v) is 11.1. The molecule has 4 rings (SSSR count). The van der Waals surface area contributed by atoms with E-state index in [1.165, 1.54) is 0 Å². The summed E-state index contributed by atoms with van der Waals surface area (Å²) >= 11 is 0. The van der Waals surface area contributed by atoms with E-state index in [2.05, 4.69) is 69.2 Å². The third-order valence-electron chi connectivity index (χ3n) is 14.1. The number of hydrogen-bond donors (Lipinski definition) is 0. The second kappa shape index (κ2) is 23.5. The summed E-state index contributed by atoms with van der Waals surface area (Å²) in [5, 5.41) is 0. The second-order valence-corrected chi connectivity index (χ2v) is 32.7. The second-order valence-electron chi connectivity index (χ2n) is 32.7. The summed E-state index contributed by atoms with van der Waals surface area (Å²) in [4.78, 5) is 59.7. The Morgan fingerprint density at radius 3 is 0.802 bits per heavy atom. The van der Waals surface area contributed by atoms with Gasteiger partial charge in [0.05, 0.1) is 0 Å². The molecule has 0 aliphatic carbocycles. The van der Waals surface area contributed by atoms with Crippen LogP contribution in [0.25, 0.3) is 0 Å². The molecule has 0 spiro atoms. The van der Waals surface area contributed by atoms with Gasteiger partial charge in [0.25, 0.3) is 0 Å². The van der Waals surface area contributed by atoms with Crippen molar-refractivity contribution < 1.29 is 47.6 Å². The molecule has 0 unspecified atom stereocenters. The minimum Gasteiger partial charge on any atom is -0.428 e. The zero-order chi connectivity index (χ0) is 62.3. The fourth-order valence-electron chi connectivity index (χ4n) is 11.1. The van der Waals surface area contributed by atoms with Crippen molar-refractivity contribution >= 4 is 24.2 Å². The highest BCUT2D eigenvalue weighted by Gasteiger charge is 2.51. The summed E-state index contributed by atoms with van der Waals surface area (Å²) in [6, 6.07) is 22.8. The van der Waals surface area contributed by atoms with Crippen LogP contribution in [0.5, 0.6) is 23.0 Å². The smallest absolute Gasteiger partial charge is 0.428 e. The van der Waals surface area contributed by atoms with Crippen molar-refractivity contribution in [3.63, 3.8) is 0 Å². The molecule has 0 saturated carbocycles. The van der Waals surface area contributed by atoms with Crippen LogP contribution in [0.3, 0.4) is 0 Å². The Bertz CT molecular complexity index is 2610. The first kappa shape index (κ1) is 67.9. The lowest BCUT2D eigenvalue weighted by atomic mass is 9.71. The van der Waals surface area contributed by atoms with Crippen LogP contribution in [-0.2, 0) is 64.4 Å². The number of carbonyl (C=O) groups is 4. The van der Waals surface area contributed by atoms with Crippen LogP contribution in [-0.4, -0.2) is 35.5 Å². The molecule has 0 bridgehead atoms. The Kier molecular flexibility index (Phi) is 19.7. The molecular formula is C71H104O10. The molecule has 0 amide bonds. The van der Waals surface area contributed by atoms with Crippen molar-refractivity contribution in [2.24, 2.45) is 16.2 Å². The van der Waals surface area contributed by atoms with Gasteiger partial charge in [-0.05, 0) is 157 Å². The molecular weight excluding hydrogens is 1010 g/mol. The van der Waals surface area contributed by atoms with Gasteiger partial charge < -0.3 is 28.4 Å². The molecule has 0 heterocycles. The molecule has 10 nitrogen and oxygen atoms in total. The summed E-state index contributed by atoms with van der Waals surface area (Å²) in [5.74, 6) is -0.446. The van der Waals surface area contributed by atoms with Gasteiger partial charge >= 0.3 is 24.2 Å². The van der Waals surface area contributed by atoms with Gasteiger partial charge in [-0.15, -0.1) is 0 Å². The highest BCUT2D eigenvalue weighted by molar-refractivity contribution is 6.02. The van der Waals surface area contributed by atoms with Gasteiger partial charge in [0.1, 0.15) is 34.2 Å². The molecule has 81 heavy (non-hydrogen) atoms. The SMILES string of the molecule is CC(C)(C)CC(C)(C)c1ccc(OC(=O)C(Cc2cc(C(C)(C)C)c(OC(=O)OC(C)(C)C)c(C(C)(C)C)c2)(Cc2cc(C(C)(C)C)c(OC(=O)OC(C)(C)C)c(C(C)(C)C)c2)C(=O)Oc2ccc(C(C)(C)CC(C)(C)C)cc2)cc1. The van der Waals surface area contributed by atoms with Crippen LogP contribution in [0, 0.1) is 16.2 Å². The monoisotopic (exact) mass is 1120 g/mol. The molecule has 448 valence electrons. The van der Waals surface area contributed by atoms with Crippen molar-refractivity contribution in [3.05, 3.63) is 117 Å². The summed E-state index contributed by atoms with van der Waals surface area (Å²) in [5.41, 5.74) is -0.538. The van der Waals surface area contributed by atoms with Gasteiger partial charge in [-0.3, -0.25) is 9.59 Å². The molecule has 0 atom stereocenters. The number of rotatable bonds is 14. The zero-order valence-corrected chi connectivity index (χ0v) is 55.3. The fraction of sp³-hybridized carbons (Fsp3) is 0.606. The topological polar surface area (TPSA) is 124 Å². The molecule has 10 heteroatoms. The average molecular weight is 1120 g/mol. The van der Waals surface area contributed by atoms with E-state index in [9.17, 15) is 9.59 Å². The highest BCUT2D eigenvalue weighted by Crippen LogP contribution is 2.47. The maximum absolute atomic E-state index is 16.2. The normalized spacial score (nSPS) is 13.6. The first-order valence-corrected chi connectivity index (χ1v) is 29.0. The molecule has 4 aromatic rings. The quantitative estimate of drug-likeness (QED) is 0.0522. The Balaban J connectivity index is 2.20. The van der Waals surface area contributed by atoms with E-state index in [4.69, 9.17) is 28.4 Å². The molecule has 4 aromatic carbocycles. The highest BCUT2D eigenvalue weighted by atomic mass is 16.7. The van der Waals surface area contributed by atoms with Crippen LogP contribution in [0.2, 0.25) is 0 Å². The Labute approximate surface area is 489 Å². The number of carbonyl (C=O) groups excluding carboxylic acids is 4. The van der Waals surface area contributed by atoms with Crippen molar-refractivity contribution in [1.82, 2.24) is 0 Å².